The lowest BCUT2D eigenvalue weighted by molar-refractivity contribution is -0.122. The van der Waals surface area contributed by atoms with E-state index < -0.39 is 11.8 Å². The molecule has 0 aliphatic carbocycles. The Kier molecular flexibility index (Phi) is 6.13. The summed E-state index contributed by atoms with van der Waals surface area (Å²) in [5.74, 6) is -0.894. The number of hydrogen-bond donors (Lipinski definition) is 1. The highest BCUT2D eigenvalue weighted by Gasteiger charge is 2.35. The van der Waals surface area contributed by atoms with Crippen molar-refractivity contribution in [2.75, 3.05) is 22.9 Å². The van der Waals surface area contributed by atoms with Crippen molar-refractivity contribution in [1.82, 2.24) is 5.32 Å². The third-order valence-corrected chi connectivity index (χ3v) is 5.54. The monoisotopic (exact) mass is 407 g/mol. The summed E-state index contributed by atoms with van der Waals surface area (Å²) in [6, 6.07) is 13.5. The molecule has 1 fully saturated rings. The number of hydrogen-bond acceptors (Lipinski definition) is 4. The number of rotatable bonds is 5. The van der Waals surface area contributed by atoms with E-state index in [1.807, 2.05) is 56.3 Å². The lowest BCUT2D eigenvalue weighted by Gasteiger charge is -2.30. The Hall–Kier alpha value is -2.99. The second-order valence-electron chi connectivity index (χ2n) is 6.94. The van der Waals surface area contributed by atoms with Crippen LogP contribution in [0.25, 0.3) is 6.08 Å². The molecule has 2 aromatic carbocycles. The third-order valence-electron chi connectivity index (χ3n) is 5.25. The van der Waals surface area contributed by atoms with E-state index in [1.54, 1.807) is 6.08 Å². The SMILES string of the molecule is CCN(CC)c1ccc(/C=C2/C(=O)NC(=S)N(c3cccc(C)c3C)C2=O)cc1. The topological polar surface area (TPSA) is 52.7 Å². The highest BCUT2D eigenvalue weighted by molar-refractivity contribution is 7.80. The van der Waals surface area contributed by atoms with Crippen LogP contribution in [0.15, 0.2) is 48.0 Å². The lowest BCUT2D eigenvalue weighted by Crippen LogP contribution is -2.54. The normalized spacial score (nSPS) is 15.7. The average molecular weight is 408 g/mol. The van der Waals surface area contributed by atoms with Gasteiger partial charge in [-0.2, -0.15) is 0 Å². The van der Waals surface area contributed by atoms with E-state index in [9.17, 15) is 9.59 Å². The predicted molar refractivity (Wildman–Crippen MR) is 122 cm³/mol. The second-order valence-corrected chi connectivity index (χ2v) is 7.33. The molecule has 1 N–H and O–H groups in total. The number of carbonyl (C=O) groups is 2. The number of anilines is 2. The Morgan fingerprint density at radius 1 is 1.03 bits per heavy atom. The van der Waals surface area contributed by atoms with Gasteiger partial charge in [0.1, 0.15) is 5.57 Å². The van der Waals surface area contributed by atoms with E-state index in [1.165, 1.54) is 4.90 Å². The van der Waals surface area contributed by atoms with E-state index in [2.05, 4.69) is 24.1 Å². The average Bonchev–Trinajstić information content (AvgIpc) is 2.70. The molecule has 0 spiro atoms. The molecule has 0 unspecified atom stereocenters. The maximum absolute atomic E-state index is 13.2. The van der Waals surface area contributed by atoms with Crippen LogP contribution < -0.4 is 15.1 Å². The number of aryl methyl sites for hydroxylation is 1. The Bertz CT molecular complexity index is 992. The van der Waals surface area contributed by atoms with Gasteiger partial charge in [0.2, 0.25) is 0 Å². The molecule has 1 saturated heterocycles. The molecule has 3 rings (SSSR count). The molecular formula is C23H25N3O2S. The van der Waals surface area contributed by atoms with E-state index in [-0.39, 0.29) is 10.7 Å². The van der Waals surface area contributed by atoms with Gasteiger partial charge in [-0.3, -0.25) is 19.8 Å². The molecule has 2 amide bonds. The van der Waals surface area contributed by atoms with Crippen molar-refractivity contribution in [3.63, 3.8) is 0 Å². The van der Waals surface area contributed by atoms with Crippen molar-refractivity contribution in [2.45, 2.75) is 27.7 Å². The first-order chi connectivity index (χ1) is 13.9. The highest BCUT2D eigenvalue weighted by Crippen LogP contribution is 2.27. The van der Waals surface area contributed by atoms with Gasteiger partial charge in [0.05, 0.1) is 5.69 Å². The summed E-state index contributed by atoms with van der Waals surface area (Å²) in [5, 5.41) is 2.74. The van der Waals surface area contributed by atoms with Crippen molar-refractivity contribution in [1.29, 1.82) is 0 Å². The predicted octanol–water partition coefficient (Wildman–Crippen LogP) is 3.98. The fraction of sp³-hybridized carbons (Fsp3) is 0.261. The summed E-state index contributed by atoms with van der Waals surface area (Å²) in [6.45, 7) is 9.96. The number of amides is 2. The zero-order chi connectivity index (χ0) is 21.1. The number of benzene rings is 2. The standard InChI is InChI=1S/C23H25N3O2S/c1-5-25(6-2)18-12-10-17(11-13-18)14-19-21(27)24-23(29)26(22(19)28)20-9-7-8-15(3)16(20)4/h7-14H,5-6H2,1-4H3,(H,24,27,29)/b19-14-. The lowest BCUT2D eigenvalue weighted by atomic mass is 10.0. The minimum Gasteiger partial charge on any atom is -0.372 e. The van der Waals surface area contributed by atoms with E-state index in [4.69, 9.17) is 12.2 Å². The van der Waals surface area contributed by atoms with Crippen LogP contribution in [0, 0.1) is 13.8 Å². The smallest absolute Gasteiger partial charge is 0.270 e. The van der Waals surface area contributed by atoms with Gasteiger partial charge in [-0.05, 0) is 80.9 Å². The molecule has 150 valence electrons. The maximum atomic E-state index is 13.2. The molecule has 0 bridgehead atoms. The van der Waals surface area contributed by atoms with Gasteiger partial charge in [-0.25, -0.2) is 0 Å². The number of nitrogens with one attached hydrogen (secondary N) is 1. The quantitative estimate of drug-likeness (QED) is 0.463. The van der Waals surface area contributed by atoms with Crippen LogP contribution in [-0.4, -0.2) is 30.0 Å². The van der Waals surface area contributed by atoms with Gasteiger partial charge >= 0.3 is 0 Å². The van der Waals surface area contributed by atoms with Crippen molar-refractivity contribution in [3.8, 4) is 0 Å². The molecule has 5 nitrogen and oxygen atoms in total. The molecule has 0 radical (unpaired) electrons. The summed E-state index contributed by atoms with van der Waals surface area (Å²) in [7, 11) is 0. The van der Waals surface area contributed by atoms with Crippen LogP contribution in [0.3, 0.4) is 0 Å². The Balaban J connectivity index is 1.96. The van der Waals surface area contributed by atoms with Crippen molar-refractivity contribution < 1.29 is 9.59 Å². The number of carbonyl (C=O) groups excluding carboxylic acids is 2. The summed E-state index contributed by atoms with van der Waals surface area (Å²) in [5.41, 5.74) is 4.63. The molecular weight excluding hydrogens is 382 g/mol. The van der Waals surface area contributed by atoms with E-state index >= 15 is 0 Å². The molecule has 1 aliphatic rings. The summed E-state index contributed by atoms with van der Waals surface area (Å²) in [4.78, 5) is 29.3. The number of nitrogens with zero attached hydrogens (tertiary/aromatic N) is 2. The van der Waals surface area contributed by atoms with Crippen LogP contribution in [-0.2, 0) is 9.59 Å². The van der Waals surface area contributed by atoms with Crippen molar-refractivity contribution in [2.24, 2.45) is 0 Å². The third kappa shape index (κ3) is 4.07. The Labute approximate surface area is 177 Å². The van der Waals surface area contributed by atoms with Crippen molar-refractivity contribution in [3.05, 3.63) is 64.7 Å². The van der Waals surface area contributed by atoms with Crippen LogP contribution in [0.4, 0.5) is 11.4 Å². The van der Waals surface area contributed by atoms with Gasteiger partial charge in [0.15, 0.2) is 5.11 Å². The van der Waals surface area contributed by atoms with E-state index in [0.29, 0.717) is 5.69 Å². The molecule has 2 aromatic rings. The first kappa shape index (κ1) is 20.7. The van der Waals surface area contributed by atoms with Gasteiger partial charge < -0.3 is 4.90 Å². The van der Waals surface area contributed by atoms with Gasteiger partial charge in [0.25, 0.3) is 11.8 Å². The zero-order valence-electron chi connectivity index (χ0n) is 17.2. The largest absolute Gasteiger partial charge is 0.372 e. The van der Waals surface area contributed by atoms with Crippen LogP contribution in [0.1, 0.15) is 30.5 Å². The minimum atomic E-state index is -0.477. The van der Waals surface area contributed by atoms with Gasteiger partial charge in [0, 0.05) is 18.8 Å². The Morgan fingerprint density at radius 3 is 2.31 bits per heavy atom. The summed E-state index contributed by atoms with van der Waals surface area (Å²) >= 11 is 5.30. The molecule has 29 heavy (non-hydrogen) atoms. The molecule has 0 saturated carbocycles. The van der Waals surface area contributed by atoms with Crippen molar-refractivity contribution >= 4 is 46.6 Å². The zero-order valence-corrected chi connectivity index (χ0v) is 18.0. The van der Waals surface area contributed by atoms with Crippen LogP contribution in [0.2, 0.25) is 0 Å². The van der Waals surface area contributed by atoms with Gasteiger partial charge in [-0.15, -0.1) is 0 Å². The number of thiocarbonyl (C=S) groups is 1. The van der Waals surface area contributed by atoms with Gasteiger partial charge in [-0.1, -0.05) is 24.3 Å². The molecule has 0 atom stereocenters. The Morgan fingerprint density at radius 2 is 1.69 bits per heavy atom. The second kappa shape index (κ2) is 8.57. The highest BCUT2D eigenvalue weighted by atomic mass is 32.1. The first-order valence-electron chi connectivity index (χ1n) is 9.70. The first-order valence-corrected chi connectivity index (χ1v) is 10.1. The van der Waals surface area contributed by atoms with Crippen LogP contribution >= 0.6 is 12.2 Å². The fourth-order valence-corrected chi connectivity index (χ4v) is 3.66. The molecule has 0 aromatic heterocycles. The van der Waals surface area contributed by atoms with E-state index in [0.717, 1.165) is 35.5 Å². The summed E-state index contributed by atoms with van der Waals surface area (Å²) < 4.78 is 0. The summed E-state index contributed by atoms with van der Waals surface area (Å²) in [6.07, 6.45) is 1.61. The molecule has 6 heteroatoms. The maximum Gasteiger partial charge on any atom is 0.270 e. The molecule has 1 aliphatic heterocycles. The minimum absolute atomic E-state index is 0.0649. The fourth-order valence-electron chi connectivity index (χ4n) is 3.39. The molecule has 1 heterocycles. The van der Waals surface area contributed by atoms with Crippen LogP contribution in [0.5, 0.6) is 0 Å².